The van der Waals surface area contributed by atoms with Gasteiger partial charge in [-0.2, -0.15) is 0 Å². The number of rotatable bonds is 4. The van der Waals surface area contributed by atoms with Crippen LogP contribution in [-0.4, -0.2) is 47.6 Å². The molecule has 2 aromatic heterocycles. The molecule has 0 N–H and O–H groups in total. The van der Waals surface area contributed by atoms with E-state index in [9.17, 15) is 4.79 Å². The van der Waals surface area contributed by atoms with Crippen LogP contribution in [0.5, 0.6) is 0 Å². The molecule has 31 heavy (non-hydrogen) atoms. The molecule has 7 rings (SSSR count). The van der Waals surface area contributed by atoms with E-state index in [1.54, 1.807) is 20.9 Å². The van der Waals surface area contributed by atoms with Gasteiger partial charge < -0.3 is 0 Å². The van der Waals surface area contributed by atoms with Crippen molar-refractivity contribution < 1.29 is 30.7 Å². The molecule has 5 atom stereocenters. The van der Waals surface area contributed by atoms with Gasteiger partial charge >= 0.3 is 176 Å². The van der Waals surface area contributed by atoms with Crippen molar-refractivity contribution in [2.75, 3.05) is 6.54 Å². The van der Waals surface area contributed by atoms with Gasteiger partial charge in [0.05, 0.1) is 0 Å². The van der Waals surface area contributed by atoms with Crippen LogP contribution in [-0.2, 0) is 11.3 Å². The summed E-state index contributed by atoms with van der Waals surface area (Å²) in [6, 6.07) is 8.85. The fraction of sp³-hybridized carbons (Fsp3) is 0.409. The average Bonchev–Trinajstić information content (AvgIpc) is 3.44. The van der Waals surface area contributed by atoms with Crippen molar-refractivity contribution in [3.63, 3.8) is 0 Å². The van der Waals surface area contributed by atoms with Gasteiger partial charge in [-0.25, -0.2) is 4.98 Å². The molecule has 9 heteroatoms. The summed E-state index contributed by atoms with van der Waals surface area (Å²) < 4.78 is 14.1. The molecule has 1 aliphatic carbocycles. The quantitative estimate of drug-likeness (QED) is 0.311. The third kappa shape index (κ3) is 3.03. The molecule has 162 valence electrons. The van der Waals surface area contributed by atoms with Crippen LogP contribution in [0, 0.1) is 3.57 Å². The summed E-state index contributed by atoms with van der Waals surface area (Å²) in [5.74, 6) is 0.809. The summed E-state index contributed by atoms with van der Waals surface area (Å²) in [6.45, 7) is 0.996. The molecule has 0 radical (unpaired) electrons. The number of ether oxygens (including phenoxy) is 1. The Balaban J connectivity index is 1.02. The first-order chi connectivity index (χ1) is 15.2. The molecule has 1 aromatic carbocycles. The van der Waals surface area contributed by atoms with Gasteiger partial charge in [0.2, 0.25) is 0 Å². The molecule has 1 amide bonds. The van der Waals surface area contributed by atoms with Crippen molar-refractivity contribution in [2.24, 2.45) is 0 Å². The van der Waals surface area contributed by atoms with Crippen LogP contribution in [0.1, 0.15) is 30.3 Å². The monoisotopic (exact) mass is 661 g/mol. The van der Waals surface area contributed by atoms with E-state index in [4.69, 9.17) is 16.3 Å². The Morgan fingerprint density at radius 3 is 2.84 bits per heavy atom. The van der Waals surface area contributed by atoms with Gasteiger partial charge in [-0.3, -0.25) is 0 Å². The standard InChI is InChI=1S/C22H20ClI2N4O2/c23-20-15-10-27-21(28(15)9-7-26-20)14-2-1-8-29(14)22(30)31-11-12-3-5-13(6-4-12)25-18-16-17(24-16)19(18)25/h3-7,9-10,14,16-19H,1-2,8,11H2/q-1/t14-,16?,17?,18?,19?/m0/s1. The molecular formula is C22H20ClI2N4O2-. The van der Waals surface area contributed by atoms with Crippen molar-refractivity contribution in [3.05, 3.63) is 63.0 Å². The van der Waals surface area contributed by atoms with E-state index < -0.39 is 19.8 Å². The Hall–Kier alpha value is -1.14. The first-order valence-corrected chi connectivity index (χ1v) is 16.9. The van der Waals surface area contributed by atoms with Gasteiger partial charge in [0.15, 0.2) is 5.15 Å². The van der Waals surface area contributed by atoms with Crippen LogP contribution in [0.25, 0.3) is 5.52 Å². The van der Waals surface area contributed by atoms with E-state index in [0.29, 0.717) is 39.5 Å². The van der Waals surface area contributed by atoms with Crippen LogP contribution in [0.4, 0.5) is 4.79 Å². The zero-order valence-corrected chi connectivity index (χ0v) is 21.6. The molecule has 4 fully saturated rings. The summed E-state index contributed by atoms with van der Waals surface area (Å²) in [5.41, 5.74) is 1.83. The summed E-state index contributed by atoms with van der Waals surface area (Å²) in [6.07, 6.45) is 6.73. The predicted octanol–water partition coefficient (Wildman–Crippen LogP) is 1.14. The molecule has 3 aliphatic heterocycles. The maximum atomic E-state index is 12.9. The number of carbonyl (C=O) groups excluding carboxylic acids is 1. The number of imidazole rings is 1. The van der Waals surface area contributed by atoms with Gasteiger partial charge in [0.1, 0.15) is 0 Å². The van der Waals surface area contributed by atoms with Gasteiger partial charge in [0, 0.05) is 6.20 Å². The number of aromatic nitrogens is 3. The second-order valence-electron chi connectivity index (χ2n) is 8.37. The summed E-state index contributed by atoms with van der Waals surface area (Å²) >= 11 is 6.01. The van der Waals surface area contributed by atoms with Crippen LogP contribution >= 0.6 is 31.4 Å². The fourth-order valence-corrected chi connectivity index (χ4v) is 26.0. The topological polar surface area (TPSA) is 59.7 Å². The number of likely N-dealkylation sites (tertiary alicyclic amines) is 1. The van der Waals surface area contributed by atoms with Gasteiger partial charge in [-0.1, -0.05) is 11.6 Å². The van der Waals surface area contributed by atoms with Crippen molar-refractivity contribution in [1.29, 1.82) is 0 Å². The minimum absolute atomic E-state index is 0.109. The van der Waals surface area contributed by atoms with Crippen LogP contribution in [0.15, 0.2) is 42.9 Å². The Bertz CT molecular complexity index is 1190. The molecular weight excluding hydrogens is 642 g/mol. The van der Waals surface area contributed by atoms with Crippen LogP contribution in [0.3, 0.4) is 0 Å². The first kappa shape index (κ1) is 19.3. The molecule has 4 aliphatic rings. The number of amides is 1. The zero-order valence-electron chi connectivity index (χ0n) is 16.5. The minimum atomic E-state index is -0.801. The van der Waals surface area contributed by atoms with Crippen molar-refractivity contribution in [3.8, 4) is 0 Å². The van der Waals surface area contributed by atoms with E-state index in [0.717, 1.165) is 29.7 Å². The molecule has 4 unspecified atom stereocenters. The van der Waals surface area contributed by atoms with Gasteiger partial charge in [-0.15, -0.1) is 0 Å². The molecule has 0 spiro atoms. The molecule has 0 bridgehead atoms. The van der Waals surface area contributed by atoms with E-state index in [2.05, 4.69) is 34.2 Å². The van der Waals surface area contributed by atoms with Crippen molar-refractivity contribution in [2.45, 2.75) is 41.2 Å². The number of halogens is 3. The van der Waals surface area contributed by atoms with E-state index >= 15 is 0 Å². The zero-order chi connectivity index (χ0) is 20.7. The average molecular weight is 662 g/mol. The Labute approximate surface area is 202 Å². The molecule has 3 aromatic rings. The summed E-state index contributed by atoms with van der Waals surface area (Å²) in [4.78, 5) is 23.3. The number of carbonyl (C=O) groups is 1. The normalized spacial score (nSPS) is 31.5. The number of hydrogen-bond donors (Lipinski definition) is 0. The second-order valence-corrected chi connectivity index (χ2v) is 18.4. The number of nitrogens with zero attached hydrogens (tertiary/aromatic N) is 4. The Morgan fingerprint density at radius 2 is 2.03 bits per heavy atom. The fourth-order valence-electron chi connectivity index (χ4n) is 4.97. The Morgan fingerprint density at radius 1 is 1.23 bits per heavy atom. The van der Waals surface area contributed by atoms with E-state index in [1.165, 1.54) is 15.7 Å². The molecule has 1 saturated carbocycles. The number of hydrogen-bond acceptors (Lipinski definition) is 4. The van der Waals surface area contributed by atoms with E-state index in [-0.39, 0.29) is 12.1 Å². The van der Waals surface area contributed by atoms with Crippen molar-refractivity contribution in [1.82, 2.24) is 19.3 Å². The molecule has 6 nitrogen and oxygen atoms in total. The van der Waals surface area contributed by atoms with E-state index in [1.807, 2.05) is 10.6 Å². The third-order valence-corrected chi connectivity index (χ3v) is 21.2. The van der Waals surface area contributed by atoms with Crippen LogP contribution < -0.4 is 21.2 Å². The number of alkyl halides is 4. The number of benzene rings is 1. The maximum absolute atomic E-state index is 12.9. The predicted molar refractivity (Wildman–Crippen MR) is 121 cm³/mol. The summed E-state index contributed by atoms with van der Waals surface area (Å²) in [7, 11) is 0. The molecule has 5 heterocycles. The first-order valence-electron chi connectivity index (χ1n) is 10.5. The summed E-state index contributed by atoms with van der Waals surface area (Å²) in [5, 5.41) is 0.415. The van der Waals surface area contributed by atoms with Gasteiger partial charge in [-0.05, 0) is 0 Å². The number of fused-ring (bicyclic) bond motifs is 5. The van der Waals surface area contributed by atoms with Gasteiger partial charge in [0.25, 0.3) is 0 Å². The van der Waals surface area contributed by atoms with Crippen molar-refractivity contribution >= 4 is 43.0 Å². The molecule has 3 saturated heterocycles. The Kier molecular flexibility index (Phi) is 4.48. The second kappa shape index (κ2) is 7.18. The SMILES string of the molecule is O=C(OCc1ccc(I2C3C4[I-]C4C32)cc1)N1CCC[C@H]1c1ncc2c(Cl)nccn12. The third-order valence-electron chi connectivity index (χ3n) is 6.67. The van der Waals surface area contributed by atoms with Crippen LogP contribution in [0.2, 0.25) is 5.15 Å².